The molecule has 0 unspecified atom stereocenters. The Morgan fingerprint density at radius 2 is 1.97 bits per heavy atom. The normalized spacial score (nSPS) is 19.5. The van der Waals surface area contributed by atoms with Gasteiger partial charge in [0.15, 0.2) is 11.6 Å². The number of hydrogen-bond acceptors (Lipinski definition) is 6. The highest BCUT2D eigenvalue weighted by atomic mass is 19.1. The Morgan fingerprint density at radius 1 is 1.21 bits per heavy atom. The number of carboxylic acids is 1. The van der Waals surface area contributed by atoms with Gasteiger partial charge in [0.1, 0.15) is 17.1 Å². The molecule has 3 fully saturated rings. The smallest absolute Gasteiger partial charge is 0.329 e. The van der Waals surface area contributed by atoms with Crippen molar-refractivity contribution < 1.29 is 28.5 Å². The molecule has 1 aromatic heterocycles. The lowest BCUT2D eigenvalue weighted by atomic mass is 9.90. The number of methoxy groups -OCH3 is 1. The monoisotopic (exact) mass is 470 g/mol. The number of anilines is 1. The van der Waals surface area contributed by atoms with E-state index in [2.05, 4.69) is 10.3 Å². The van der Waals surface area contributed by atoms with Crippen LogP contribution < -0.4 is 14.8 Å². The van der Waals surface area contributed by atoms with E-state index in [0.717, 1.165) is 31.2 Å². The van der Waals surface area contributed by atoms with Crippen molar-refractivity contribution in [2.24, 2.45) is 5.92 Å². The van der Waals surface area contributed by atoms with E-state index >= 15 is 4.39 Å². The molecule has 3 aliphatic rings. The molecule has 2 saturated carbocycles. The maximum absolute atomic E-state index is 15.6. The molecule has 0 radical (unpaired) electrons. The van der Waals surface area contributed by atoms with Crippen LogP contribution in [0.3, 0.4) is 0 Å². The lowest BCUT2D eigenvalue weighted by molar-refractivity contribution is -0.145. The quantitative estimate of drug-likeness (QED) is 0.514. The van der Waals surface area contributed by atoms with Gasteiger partial charge in [-0.3, -0.25) is 0 Å². The Kier molecular flexibility index (Phi) is 6.34. The number of aromatic nitrogens is 1. The summed E-state index contributed by atoms with van der Waals surface area (Å²) in [5.41, 5.74) is 0.882. The van der Waals surface area contributed by atoms with E-state index in [1.54, 1.807) is 25.4 Å². The topological polar surface area (TPSA) is 89.9 Å². The fourth-order valence-electron chi connectivity index (χ4n) is 4.48. The zero-order valence-electron chi connectivity index (χ0n) is 19.4. The van der Waals surface area contributed by atoms with Gasteiger partial charge in [0.2, 0.25) is 0 Å². The predicted molar refractivity (Wildman–Crippen MR) is 125 cm³/mol. The third-order valence-electron chi connectivity index (χ3n) is 6.99. The molecule has 0 bridgehead atoms. The Labute approximate surface area is 198 Å². The van der Waals surface area contributed by atoms with Crippen LogP contribution in [0.5, 0.6) is 11.5 Å². The molecule has 1 aliphatic heterocycles. The largest absolute Gasteiger partial charge is 0.497 e. The van der Waals surface area contributed by atoms with Crippen LogP contribution in [-0.4, -0.2) is 48.0 Å². The zero-order valence-corrected chi connectivity index (χ0v) is 19.4. The van der Waals surface area contributed by atoms with E-state index in [0.29, 0.717) is 54.7 Å². The summed E-state index contributed by atoms with van der Waals surface area (Å²) >= 11 is 0. The number of rotatable bonds is 10. The number of benzene rings is 1. The van der Waals surface area contributed by atoms with Crippen LogP contribution in [0.2, 0.25) is 0 Å². The van der Waals surface area contributed by atoms with Crippen LogP contribution in [0.25, 0.3) is 11.1 Å². The maximum Gasteiger partial charge on any atom is 0.329 e. The number of ether oxygens (including phenoxy) is 3. The molecular formula is C26H31FN2O5. The Hall–Kier alpha value is -2.87. The average Bonchev–Trinajstić information content (AvgIpc) is 3.76. The van der Waals surface area contributed by atoms with E-state index in [-0.39, 0.29) is 11.9 Å². The molecule has 0 atom stereocenters. The summed E-state index contributed by atoms with van der Waals surface area (Å²) in [6.45, 7) is 0.759. The van der Waals surface area contributed by atoms with E-state index in [4.69, 9.17) is 14.2 Å². The number of carbonyl (C=O) groups is 1. The van der Waals surface area contributed by atoms with Crippen LogP contribution in [0.1, 0.15) is 50.5 Å². The molecule has 0 amide bonds. The van der Waals surface area contributed by atoms with Crippen LogP contribution in [0.15, 0.2) is 24.4 Å². The number of nitrogens with one attached hydrogen (secondary N) is 1. The predicted octanol–water partition coefficient (Wildman–Crippen LogP) is 4.83. The summed E-state index contributed by atoms with van der Waals surface area (Å²) in [4.78, 5) is 16.6. The first-order valence-corrected chi connectivity index (χ1v) is 12.1. The van der Waals surface area contributed by atoms with Crippen molar-refractivity contribution in [1.29, 1.82) is 0 Å². The van der Waals surface area contributed by atoms with Gasteiger partial charge in [-0.25, -0.2) is 14.2 Å². The van der Waals surface area contributed by atoms with Gasteiger partial charge in [-0.1, -0.05) is 12.8 Å². The van der Waals surface area contributed by atoms with E-state index in [9.17, 15) is 9.90 Å². The summed E-state index contributed by atoms with van der Waals surface area (Å²) in [5, 5.41) is 13.1. The molecular weight excluding hydrogens is 439 g/mol. The molecule has 7 nitrogen and oxygen atoms in total. The molecule has 2 aromatic rings. The van der Waals surface area contributed by atoms with Crippen molar-refractivity contribution in [3.63, 3.8) is 0 Å². The third-order valence-corrected chi connectivity index (χ3v) is 6.99. The van der Waals surface area contributed by atoms with Gasteiger partial charge in [0.25, 0.3) is 0 Å². The van der Waals surface area contributed by atoms with Gasteiger partial charge < -0.3 is 24.6 Å². The minimum atomic E-state index is -1.12. The van der Waals surface area contributed by atoms with Crippen molar-refractivity contribution >= 4 is 11.8 Å². The molecule has 8 heteroatoms. The number of pyridine rings is 1. The van der Waals surface area contributed by atoms with Crippen molar-refractivity contribution in [3.8, 4) is 22.6 Å². The second-order valence-corrected chi connectivity index (χ2v) is 9.64. The second kappa shape index (κ2) is 9.41. The first-order valence-electron chi connectivity index (χ1n) is 12.1. The van der Waals surface area contributed by atoms with Crippen LogP contribution in [0, 0.1) is 11.7 Å². The Balaban J connectivity index is 1.51. The molecule has 1 saturated heterocycles. The van der Waals surface area contributed by atoms with Crippen molar-refractivity contribution in [3.05, 3.63) is 35.8 Å². The molecule has 0 spiro atoms. The van der Waals surface area contributed by atoms with Gasteiger partial charge in [-0.2, -0.15) is 0 Å². The SMILES string of the molecule is COc1cc(OC2CC2)c(F)c(-c2cnc(NC3(C(=O)O)CCOCC3)cc2CCC2CC2)c1. The molecule has 5 rings (SSSR count). The number of halogens is 1. The first kappa shape index (κ1) is 22.9. The highest BCUT2D eigenvalue weighted by Crippen LogP contribution is 2.40. The Morgan fingerprint density at radius 3 is 2.62 bits per heavy atom. The van der Waals surface area contributed by atoms with Crippen LogP contribution in [0.4, 0.5) is 10.2 Å². The lowest BCUT2D eigenvalue weighted by Gasteiger charge is -2.34. The Bertz CT molecular complexity index is 1060. The highest BCUT2D eigenvalue weighted by Gasteiger charge is 2.40. The van der Waals surface area contributed by atoms with E-state index in [1.165, 1.54) is 12.8 Å². The first-order chi connectivity index (χ1) is 16.5. The van der Waals surface area contributed by atoms with Gasteiger partial charge in [0, 0.05) is 49.4 Å². The average molecular weight is 471 g/mol. The van der Waals surface area contributed by atoms with Gasteiger partial charge in [0.05, 0.1) is 13.2 Å². The third kappa shape index (κ3) is 4.97. The highest BCUT2D eigenvalue weighted by molar-refractivity contribution is 5.83. The summed E-state index contributed by atoms with van der Waals surface area (Å²) < 4.78 is 32.2. The summed E-state index contributed by atoms with van der Waals surface area (Å²) in [6, 6.07) is 5.14. The zero-order chi connectivity index (χ0) is 23.7. The van der Waals surface area contributed by atoms with Crippen LogP contribution in [-0.2, 0) is 16.0 Å². The fourth-order valence-corrected chi connectivity index (χ4v) is 4.48. The summed E-state index contributed by atoms with van der Waals surface area (Å²) in [7, 11) is 1.55. The molecule has 34 heavy (non-hydrogen) atoms. The molecule has 1 aromatic carbocycles. The molecule has 2 N–H and O–H groups in total. The minimum absolute atomic E-state index is 0.0557. The summed E-state index contributed by atoms with van der Waals surface area (Å²) in [6.07, 6.45) is 8.47. The van der Waals surface area contributed by atoms with Crippen molar-refractivity contribution in [2.75, 3.05) is 25.6 Å². The standard InChI is InChI=1S/C26H31FN2O5/c1-32-19-13-20(24(27)22(14-19)34-18-6-7-18)21-15-28-23(12-17(21)5-4-16-2-3-16)29-26(25(30)31)8-10-33-11-9-26/h12-16,18H,2-11H2,1H3,(H,28,29)(H,30,31). The number of aliphatic carboxylic acids is 1. The van der Waals surface area contributed by atoms with Gasteiger partial charge in [-0.05, 0) is 49.3 Å². The fraction of sp³-hybridized carbons (Fsp3) is 0.538. The lowest BCUT2D eigenvalue weighted by Crippen LogP contribution is -2.50. The number of carboxylic acid groups (broad SMARTS) is 1. The summed E-state index contributed by atoms with van der Waals surface area (Å²) in [5.74, 6) is 0.559. The molecule has 2 aliphatic carbocycles. The van der Waals surface area contributed by atoms with Gasteiger partial charge >= 0.3 is 5.97 Å². The van der Waals surface area contributed by atoms with Crippen molar-refractivity contribution in [1.82, 2.24) is 4.98 Å². The number of nitrogens with zero attached hydrogens (tertiary/aromatic N) is 1. The maximum atomic E-state index is 15.6. The second-order valence-electron chi connectivity index (χ2n) is 9.64. The number of hydrogen-bond donors (Lipinski definition) is 2. The van der Waals surface area contributed by atoms with Crippen molar-refractivity contribution in [2.45, 2.75) is 63.0 Å². The van der Waals surface area contributed by atoms with Gasteiger partial charge in [-0.15, -0.1) is 0 Å². The molecule has 182 valence electrons. The van der Waals surface area contributed by atoms with Crippen LogP contribution >= 0.6 is 0 Å². The van der Waals surface area contributed by atoms with E-state index < -0.39 is 17.3 Å². The minimum Gasteiger partial charge on any atom is -0.497 e. The molecule has 2 heterocycles. The van der Waals surface area contributed by atoms with E-state index in [1.807, 2.05) is 6.07 Å². The number of aryl methyl sites for hydroxylation is 1.